The average Bonchev–Trinajstić information content (AvgIpc) is 2.35. The van der Waals surface area contributed by atoms with Crippen LogP contribution < -0.4 is 5.32 Å². The molecule has 1 aromatic carbocycles. The molecule has 0 bridgehead atoms. The van der Waals surface area contributed by atoms with Gasteiger partial charge < -0.3 is 5.32 Å². The Bertz CT molecular complexity index is 518. The van der Waals surface area contributed by atoms with Gasteiger partial charge in [-0.2, -0.15) is 0 Å². The molecule has 114 valence electrons. The van der Waals surface area contributed by atoms with Crippen LogP contribution in [0.2, 0.25) is 0 Å². The molecule has 0 heterocycles. The number of nitrogens with one attached hydrogen (secondary N) is 1. The van der Waals surface area contributed by atoms with Crippen molar-refractivity contribution >= 4 is 27.1 Å². The van der Waals surface area contributed by atoms with Gasteiger partial charge in [-0.15, -0.1) is 11.6 Å². The summed E-state index contributed by atoms with van der Waals surface area (Å²) in [6.07, 6.45) is 0.920. The van der Waals surface area contributed by atoms with E-state index in [0.29, 0.717) is 11.4 Å². The van der Waals surface area contributed by atoms with E-state index in [4.69, 9.17) is 11.6 Å². The number of hydrogen-bond donors (Lipinski definition) is 1. The van der Waals surface area contributed by atoms with Crippen LogP contribution in [0.5, 0.6) is 0 Å². The van der Waals surface area contributed by atoms with Crippen LogP contribution in [-0.4, -0.2) is 26.1 Å². The molecule has 20 heavy (non-hydrogen) atoms. The molecule has 0 spiro atoms. The van der Waals surface area contributed by atoms with Crippen molar-refractivity contribution < 1.29 is 8.42 Å². The van der Waals surface area contributed by atoms with Crippen LogP contribution in [0.25, 0.3) is 0 Å². The molecular formula is C15H24ClNO2S. The molecule has 0 aliphatic carbocycles. The summed E-state index contributed by atoms with van der Waals surface area (Å²) in [6.45, 7) is 8.79. The van der Waals surface area contributed by atoms with Gasteiger partial charge >= 0.3 is 0 Å². The molecule has 0 aliphatic heterocycles. The van der Waals surface area contributed by atoms with E-state index in [-0.39, 0.29) is 16.5 Å². The van der Waals surface area contributed by atoms with Crippen molar-refractivity contribution in [2.45, 2.75) is 44.4 Å². The van der Waals surface area contributed by atoms with Crippen molar-refractivity contribution in [1.29, 1.82) is 0 Å². The lowest BCUT2D eigenvalue weighted by Gasteiger charge is -2.22. The molecule has 0 radical (unpaired) electrons. The molecule has 1 rings (SSSR count). The van der Waals surface area contributed by atoms with Gasteiger partial charge in [-0.1, -0.05) is 27.7 Å². The fourth-order valence-electron chi connectivity index (χ4n) is 1.91. The molecular weight excluding hydrogens is 294 g/mol. The molecule has 0 aromatic heterocycles. The van der Waals surface area contributed by atoms with E-state index in [9.17, 15) is 8.42 Å². The van der Waals surface area contributed by atoms with Gasteiger partial charge in [0.1, 0.15) is 0 Å². The zero-order valence-corrected chi connectivity index (χ0v) is 14.2. The second-order valence-electron chi connectivity index (χ2n) is 6.17. The lowest BCUT2D eigenvalue weighted by atomic mass is 9.90. The lowest BCUT2D eigenvalue weighted by Crippen LogP contribution is -2.20. The number of anilines is 1. The number of benzene rings is 1. The molecule has 1 N–H and O–H groups in total. The smallest absolute Gasteiger partial charge is 0.178 e. The van der Waals surface area contributed by atoms with E-state index in [0.717, 1.165) is 12.1 Å². The Morgan fingerprint density at radius 2 is 1.75 bits per heavy atom. The Morgan fingerprint density at radius 1 is 1.20 bits per heavy atom. The maximum atomic E-state index is 11.7. The van der Waals surface area contributed by atoms with Gasteiger partial charge in [-0.05, 0) is 36.1 Å². The Hall–Kier alpha value is -0.740. The number of hydrogen-bond acceptors (Lipinski definition) is 3. The molecule has 0 saturated heterocycles. The third-order valence-corrected chi connectivity index (χ3v) is 5.01. The molecule has 0 saturated carbocycles. The van der Waals surface area contributed by atoms with Crippen molar-refractivity contribution in [3.8, 4) is 0 Å². The first-order chi connectivity index (χ1) is 9.14. The predicted molar refractivity (Wildman–Crippen MR) is 86.4 cm³/mol. The lowest BCUT2D eigenvalue weighted by molar-refractivity contribution is 0.373. The van der Waals surface area contributed by atoms with Gasteiger partial charge in [0, 0.05) is 12.2 Å². The Kier molecular flexibility index (Phi) is 5.90. The first-order valence-corrected chi connectivity index (χ1v) is 8.94. The van der Waals surface area contributed by atoms with Crippen LogP contribution in [0.3, 0.4) is 0 Å². The summed E-state index contributed by atoms with van der Waals surface area (Å²) >= 11 is 6.28. The quantitative estimate of drug-likeness (QED) is 0.808. The fraction of sp³-hybridized carbons (Fsp3) is 0.600. The number of sulfone groups is 1. The third kappa shape index (κ3) is 5.71. The second kappa shape index (κ2) is 6.81. The summed E-state index contributed by atoms with van der Waals surface area (Å²) in [7, 11) is -3.12. The number of rotatable bonds is 6. The first-order valence-electron chi connectivity index (χ1n) is 6.85. The normalized spacial score (nSPS) is 14.1. The average molecular weight is 318 g/mol. The Labute approximate surface area is 127 Å². The minimum absolute atomic E-state index is 0.0500. The highest BCUT2D eigenvalue weighted by Gasteiger charge is 2.16. The summed E-state index contributed by atoms with van der Waals surface area (Å²) in [5.41, 5.74) is 1.09. The Balaban J connectivity index is 2.59. The Morgan fingerprint density at radius 3 is 2.20 bits per heavy atom. The monoisotopic (exact) mass is 317 g/mol. The molecule has 1 atom stereocenters. The molecule has 0 amide bonds. The summed E-state index contributed by atoms with van der Waals surface area (Å²) < 4.78 is 23.4. The number of alkyl halides is 1. The van der Waals surface area contributed by atoms with Crippen molar-refractivity contribution in [1.82, 2.24) is 0 Å². The zero-order valence-electron chi connectivity index (χ0n) is 12.6. The molecule has 0 fully saturated rings. The summed E-state index contributed by atoms with van der Waals surface area (Å²) in [4.78, 5) is 0.364. The maximum absolute atomic E-state index is 11.7. The highest BCUT2D eigenvalue weighted by molar-refractivity contribution is 7.91. The highest BCUT2D eigenvalue weighted by Crippen LogP contribution is 2.24. The van der Waals surface area contributed by atoms with Crippen LogP contribution in [0, 0.1) is 5.41 Å². The van der Waals surface area contributed by atoms with Crippen LogP contribution in [0.1, 0.15) is 34.1 Å². The van der Waals surface area contributed by atoms with Crippen LogP contribution in [0.4, 0.5) is 5.69 Å². The SMILES string of the molecule is CCS(=O)(=O)c1ccc(NCC(Cl)CC(C)(C)C)cc1. The highest BCUT2D eigenvalue weighted by atomic mass is 35.5. The van der Waals surface area contributed by atoms with Crippen molar-refractivity contribution in [2.24, 2.45) is 5.41 Å². The van der Waals surface area contributed by atoms with Gasteiger partial charge in [-0.3, -0.25) is 0 Å². The predicted octanol–water partition coefficient (Wildman–Crippen LogP) is 3.94. The minimum Gasteiger partial charge on any atom is -0.384 e. The molecule has 1 aromatic rings. The zero-order chi connectivity index (χ0) is 15.4. The van der Waals surface area contributed by atoms with Crippen molar-refractivity contribution in [2.75, 3.05) is 17.6 Å². The van der Waals surface area contributed by atoms with E-state index in [1.807, 2.05) is 0 Å². The maximum Gasteiger partial charge on any atom is 0.178 e. The molecule has 5 heteroatoms. The van der Waals surface area contributed by atoms with Crippen LogP contribution >= 0.6 is 11.6 Å². The van der Waals surface area contributed by atoms with Crippen LogP contribution in [0.15, 0.2) is 29.2 Å². The summed E-state index contributed by atoms with van der Waals surface area (Å²) in [5.74, 6) is 0.120. The standard InChI is InChI=1S/C15H24ClNO2S/c1-5-20(18,19)14-8-6-13(7-9-14)17-11-12(16)10-15(2,3)4/h6-9,12,17H,5,10-11H2,1-4H3. The summed E-state index contributed by atoms with van der Waals surface area (Å²) in [6, 6.07) is 6.83. The van der Waals surface area contributed by atoms with Gasteiger partial charge in [0.2, 0.25) is 0 Å². The van der Waals surface area contributed by atoms with E-state index < -0.39 is 9.84 Å². The third-order valence-electron chi connectivity index (χ3n) is 2.96. The second-order valence-corrected chi connectivity index (χ2v) is 9.07. The van der Waals surface area contributed by atoms with Crippen molar-refractivity contribution in [3.05, 3.63) is 24.3 Å². The first kappa shape index (κ1) is 17.3. The summed E-state index contributed by atoms with van der Waals surface area (Å²) in [5, 5.41) is 3.29. The largest absolute Gasteiger partial charge is 0.384 e. The van der Waals surface area contributed by atoms with Gasteiger partial charge in [-0.25, -0.2) is 8.42 Å². The van der Waals surface area contributed by atoms with E-state index in [1.54, 1.807) is 31.2 Å². The van der Waals surface area contributed by atoms with Gasteiger partial charge in [0.25, 0.3) is 0 Å². The van der Waals surface area contributed by atoms with E-state index in [1.165, 1.54) is 0 Å². The van der Waals surface area contributed by atoms with Gasteiger partial charge in [0.05, 0.1) is 16.0 Å². The van der Waals surface area contributed by atoms with Crippen LogP contribution in [-0.2, 0) is 9.84 Å². The van der Waals surface area contributed by atoms with E-state index in [2.05, 4.69) is 26.1 Å². The number of halogens is 1. The van der Waals surface area contributed by atoms with Crippen molar-refractivity contribution in [3.63, 3.8) is 0 Å². The molecule has 1 unspecified atom stereocenters. The minimum atomic E-state index is -3.12. The topological polar surface area (TPSA) is 46.2 Å². The molecule has 3 nitrogen and oxygen atoms in total. The van der Waals surface area contributed by atoms with E-state index >= 15 is 0 Å². The fourth-order valence-corrected chi connectivity index (χ4v) is 3.34. The molecule has 0 aliphatic rings. The van der Waals surface area contributed by atoms with Gasteiger partial charge in [0.15, 0.2) is 9.84 Å².